The van der Waals surface area contributed by atoms with E-state index in [1.165, 1.54) is 16.8 Å². The van der Waals surface area contributed by atoms with Crippen LogP contribution in [0, 0.1) is 5.92 Å². The Bertz CT molecular complexity index is 1030. The maximum atomic E-state index is 12.6. The number of carbonyl (C=O) groups is 1. The minimum Gasteiger partial charge on any atom is -0.455 e. The number of alkyl halides is 1. The Kier molecular flexibility index (Phi) is 5.87. The fourth-order valence-corrected chi connectivity index (χ4v) is 3.90. The summed E-state index contributed by atoms with van der Waals surface area (Å²) in [7, 11) is 0. The molecule has 0 aliphatic carbocycles. The molecule has 1 aliphatic rings. The standard InChI is InChI=1S/C17H16IN5O5/c1-10-13(27-15(25)11-5-3-2-4-6-11)17(9-18,21-22-19)28-14(10)23-8-7-12(24)20-16(23)26/h2-8,10,13-14H,9H2,1H3,(H,20,24,26). The first kappa shape index (κ1) is 20.1. The molecule has 4 unspecified atom stereocenters. The summed E-state index contributed by atoms with van der Waals surface area (Å²) < 4.78 is 13.0. The van der Waals surface area contributed by atoms with Crippen LogP contribution in [0.5, 0.6) is 0 Å². The zero-order chi connectivity index (χ0) is 20.3. The van der Waals surface area contributed by atoms with Crippen LogP contribution in [0.15, 0.2) is 57.3 Å². The van der Waals surface area contributed by atoms with Crippen LogP contribution in [0.25, 0.3) is 10.4 Å². The Labute approximate surface area is 172 Å². The molecule has 11 heteroatoms. The van der Waals surface area contributed by atoms with Crippen LogP contribution in [0.4, 0.5) is 0 Å². The summed E-state index contributed by atoms with van der Waals surface area (Å²) in [4.78, 5) is 41.1. The van der Waals surface area contributed by atoms with E-state index in [1.807, 2.05) is 22.6 Å². The second-order valence-corrected chi connectivity index (χ2v) is 7.01. The number of aromatic nitrogens is 2. The van der Waals surface area contributed by atoms with Crippen molar-refractivity contribution < 1.29 is 14.3 Å². The third-order valence-corrected chi connectivity index (χ3v) is 5.56. The molecule has 0 saturated carbocycles. The SMILES string of the molecule is CC1C(n2ccc(=O)[nH]c2=O)OC(CI)(N=[N+]=[N-])C1OC(=O)c1ccccc1. The van der Waals surface area contributed by atoms with Crippen LogP contribution in [0.1, 0.15) is 23.5 Å². The van der Waals surface area contributed by atoms with Crippen molar-refractivity contribution in [3.63, 3.8) is 0 Å². The van der Waals surface area contributed by atoms with E-state index in [1.54, 1.807) is 37.3 Å². The monoisotopic (exact) mass is 497 g/mol. The van der Waals surface area contributed by atoms with Gasteiger partial charge in [-0.05, 0) is 17.7 Å². The van der Waals surface area contributed by atoms with Crippen molar-refractivity contribution in [2.75, 3.05) is 4.43 Å². The number of hydrogen-bond acceptors (Lipinski definition) is 6. The molecule has 10 nitrogen and oxygen atoms in total. The third-order valence-electron chi connectivity index (χ3n) is 4.47. The van der Waals surface area contributed by atoms with Crippen molar-refractivity contribution in [1.29, 1.82) is 0 Å². The van der Waals surface area contributed by atoms with Gasteiger partial charge < -0.3 is 9.47 Å². The average Bonchev–Trinajstić information content (AvgIpc) is 2.95. The van der Waals surface area contributed by atoms with Crippen molar-refractivity contribution in [3.8, 4) is 0 Å². The first-order valence-corrected chi connectivity index (χ1v) is 9.82. The first-order valence-electron chi connectivity index (χ1n) is 8.29. The highest BCUT2D eigenvalue weighted by molar-refractivity contribution is 14.1. The normalized spacial score (nSPS) is 26.4. The highest BCUT2D eigenvalue weighted by atomic mass is 127. The van der Waals surface area contributed by atoms with Gasteiger partial charge in [-0.2, -0.15) is 0 Å². The molecule has 2 heterocycles. The summed E-state index contributed by atoms with van der Waals surface area (Å²) in [6.45, 7) is 1.71. The fraction of sp³-hybridized carbons (Fsp3) is 0.353. The van der Waals surface area contributed by atoms with Crippen LogP contribution in [-0.4, -0.2) is 31.8 Å². The molecular formula is C17H16IN5O5. The number of hydrogen-bond donors (Lipinski definition) is 1. The van der Waals surface area contributed by atoms with Gasteiger partial charge in [-0.15, -0.1) is 0 Å². The van der Waals surface area contributed by atoms with Crippen molar-refractivity contribution in [1.82, 2.24) is 9.55 Å². The van der Waals surface area contributed by atoms with Crippen molar-refractivity contribution >= 4 is 28.6 Å². The maximum Gasteiger partial charge on any atom is 0.338 e. The summed E-state index contributed by atoms with van der Waals surface area (Å²) >= 11 is 1.97. The van der Waals surface area contributed by atoms with Crippen molar-refractivity contribution in [2.24, 2.45) is 11.0 Å². The van der Waals surface area contributed by atoms with Gasteiger partial charge in [0.1, 0.15) is 12.3 Å². The lowest BCUT2D eigenvalue weighted by atomic mass is 9.98. The van der Waals surface area contributed by atoms with Gasteiger partial charge in [-0.1, -0.05) is 52.8 Å². The third kappa shape index (κ3) is 3.68. The quantitative estimate of drug-likeness (QED) is 0.169. The fourth-order valence-electron chi connectivity index (χ4n) is 3.13. The number of nitrogens with zero attached hydrogens (tertiary/aromatic N) is 4. The molecule has 3 rings (SSSR count). The Morgan fingerprint density at radius 1 is 1.39 bits per heavy atom. The Balaban J connectivity index is 2.00. The number of halogens is 1. The van der Waals surface area contributed by atoms with E-state index in [0.29, 0.717) is 5.56 Å². The molecule has 1 N–H and O–H groups in total. The van der Waals surface area contributed by atoms with Gasteiger partial charge in [0.25, 0.3) is 5.56 Å². The average molecular weight is 497 g/mol. The van der Waals surface area contributed by atoms with Gasteiger partial charge in [0.2, 0.25) is 0 Å². The minimum atomic E-state index is -1.50. The number of carbonyl (C=O) groups excluding carboxylic acids is 1. The van der Waals surface area contributed by atoms with E-state index in [-0.39, 0.29) is 4.43 Å². The molecule has 1 aromatic carbocycles. The number of nitrogens with one attached hydrogen (secondary N) is 1. The number of benzene rings is 1. The molecule has 0 spiro atoms. The Hall–Kier alpha value is -2.63. The number of aromatic amines is 1. The van der Waals surface area contributed by atoms with Gasteiger partial charge in [0.05, 0.1) is 5.56 Å². The Morgan fingerprint density at radius 3 is 2.71 bits per heavy atom. The van der Waals surface area contributed by atoms with Crippen LogP contribution in [0.2, 0.25) is 0 Å². The maximum absolute atomic E-state index is 12.6. The van der Waals surface area contributed by atoms with Crippen LogP contribution in [0.3, 0.4) is 0 Å². The predicted octanol–water partition coefficient (Wildman–Crippen LogP) is 2.37. The molecule has 2 aromatic rings. The molecule has 0 radical (unpaired) electrons. The van der Waals surface area contributed by atoms with E-state index in [9.17, 15) is 14.4 Å². The second-order valence-electron chi connectivity index (χ2n) is 6.24. The molecule has 1 fully saturated rings. The number of esters is 1. The summed E-state index contributed by atoms with van der Waals surface area (Å²) in [6.07, 6.45) is -0.562. The lowest BCUT2D eigenvalue weighted by Crippen LogP contribution is -2.43. The molecule has 0 amide bonds. The number of H-pyrrole nitrogens is 1. The van der Waals surface area contributed by atoms with Crippen LogP contribution in [-0.2, 0) is 9.47 Å². The summed E-state index contributed by atoms with van der Waals surface area (Å²) in [5.41, 5.74) is 6.65. The lowest BCUT2D eigenvalue weighted by molar-refractivity contribution is -0.0869. The van der Waals surface area contributed by atoms with Crippen molar-refractivity contribution in [2.45, 2.75) is 25.0 Å². The summed E-state index contributed by atoms with van der Waals surface area (Å²) in [6, 6.07) is 9.56. The zero-order valence-corrected chi connectivity index (χ0v) is 16.8. The van der Waals surface area contributed by atoms with E-state index in [2.05, 4.69) is 15.0 Å². The molecule has 1 saturated heterocycles. The van der Waals surface area contributed by atoms with Gasteiger partial charge in [0.15, 0.2) is 5.72 Å². The molecule has 0 bridgehead atoms. The van der Waals surface area contributed by atoms with E-state index < -0.39 is 41.2 Å². The smallest absolute Gasteiger partial charge is 0.338 e. The lowest BCUT2D eigenvalue weighted by Gasteiger charge is -2.28. The molecule has 28 heavy (non-hydrogen) atoms. The van der Waals surface area contributed by atoms with Crippen molar-refractivity contribution in [3.05, 3.63) is 79.4 Å². The number of azide groups is 1. The van der Waals surface area contributed by atoms with Gasteiger partial charge in [-0.3, -0.25) is 14.3 Å². The van der Waals surface area contributed by atoms with E-state index >= 15 is 0 Å². The highest BCUT2D eigenvalue weighted by Gasteiger charge is 2.56. The summed E-state index contributed by atoms with van der Waals surface area (Å²) in [5.74, 6) is -1.14. The van der Waals surface area contributed by atoms with Crippen LogP contribution < -0.4 is 11.2 Å². The van der Waals surface area contributed by atoms with E-state index in [4.69, 9.17) is 15.0 Å². The summed E-state index contributed by atoms with van der Waals surface area (Å²) in [5, 5.41) is 3.76. The minimum absolute atomic E-state index is 0.181. The van der Waals surface area contributed by atoms with Crippen LogP contribution >= 0.6 is 22.6 Å². The topological polar surface area (TPSA) is 139 Å². The second kappa shape index (κ2) is 8.17. The Morgan fingerprint density at radius 2 is 2.11 bits per heavy atom. The molecule has 1 aromatic heterocycles. The molecular weight excluding hydrogens is 481 g/mol. The largest absolute Gasteiger partial charge is 0.455 e. The van der Waals surface area contributed by atoms with Gasteiger partial charge in [0, 0.05) is 27.5 Å². The van der Waals surface area contributed by atoms with Gasteiger partial charge >= 0.3 is 11.7 Å². The zero-order valence-electron chi connectivity index (χ0n) is 14.7. The predicted molar refractivity (Wildman–Crippen MR) is 107 cm³/mol. The number of ether oxygens (including phenoxy) is 2. The van der Waals surface area contributed by atoms with Gasteiger partial charge in [-0.25, -0.2) is 9.59 Å². The molecule has 1 aliphatic heterocycles. The first-order chi connectivity index (χ1) is 13.4. The molecule has 4 atom stereocenters. The highest BCUT2D eigenvalue weighted by Crippen LogP contribution is 2.44. The number of rotatable bonds is 5. The molecule has 146 valence electrons. The van der Waals surface area contributed by atoms with E-state index in [0.717, 1.165) is 0 Å².